The molecule has 0 atom stereocenters. The largest absolute Gasteiger partial charge is 0.461 e. The average molecular weight is 360 g/mol. The van der Waals surface area contributed by atoms with Crippen molar-refractivity contribution in [3.63, 3.8) is 0 Å². The fourth-order valence-corrected chi connectivity index (χ4v) is 3.88. The molecule has 4 heterocycles. The summed E-state index contributed by atoms with van der Waals surface area (Å²) in [6, 6.07) is 9.95. The van der Waals surface area contributed by atoms with Crippen LogP contribution in [0.4, 0.5) is 0 Å². The standard InChI is InChI=1S/C21H20N4O2/c1-13-4-2-5-15-14(10-22-19(13)15)11-25-8-7-17-16(12-25)21(26)24-20(23-17)18-6-3-9-27-18/h2-6,9-10,22H,7-8,11-12H2,1H3,(H,23,24,26). The van der Waals surface area contributed by atoms with Crippen LogP contribution in [0.1, 0.15) is 22.4 Å². The number of fused-ring (bicyclic) bond motifs is 2. The fourth-order valence-electron chi connectivity index (χ4n) is 3.88. The molecule has 27 heavy (non-hydrogen) atoms. The van der Waals surface area contributed by atoms with Crippen LogP contribution in [0.2, 0.25) is 0 Å². The molecule has 0 amide bonds. The quantitative estimate of drug-likeness (QED) is 0.587. The van der Waals surface area contributed by atoms with Crippen LogP contribution >= 0.6 is 0 Å². The van der Waals surface area contributed by atoms with E-state index in [2.05, 4.69) is 51.2 Å². The van der Waals surface area contributed by atoms with E-state index in [1.54, 1.807) is 18.4 Å². The van der Waals surface area contributed by atoms with E-state index in [4.69, 9.17) is 4.42 Å². The van der Waals surface area contributed by atoms with Gasteiger partial charge in [0.15, 0.2) is 11.6 Å². The maximum Gasteiger partial charge on any atom is 0.256 e. The van der Waals surface area contributed by atoms with E-state index in [0.717, 1.165) is 30.8 Å². The van der Waals surface area contributed by atoms with E-state index in [9.17, 15) is 4.79 Å². The van der Waals surface area contributed by atoms with Gasteiger partial charge in [-0.1, -0.05) is 18.2 Å². The smallest absolute Gasteiger partial charge is 0.256 e. The number of aromatic amines is 2. The third kappa shape index (κ3) is 2.78. The Bertz CT molecular complexity index is 1170. The summed E-state index contributed by atoms with van der Waals surface area (Å²) in [5, 5.41) is 1.25. The first-order valence-electron chi connectivity index (χ1n) is 9.13. The van der Waals surface area contributed by atoms with E-state index in [1.807, 2.05) is 0 Å². The van der Waals surface area contributed by atoms with Crippen LogP contribution in [0, 0.1) is 6.92 Å². The Morgan fingerprint density at radius 2 is 2.19 bits per heavy atom. The second-order valence-electron chi connectivity index (χ2n) is 7.09. The third-order valence-corrected chi connectivity index (χ3v) is 5.31. The van der Waals surface area contributed by atoms with Gasteiger partial charge in [-0.3, -0.25) is 9.69 Å². The number of nitrogens with zero attached hydrogens (tertiary/aromatic N) is 2. The van der Waals surface area contributed by atoms with Gasteiger partial charge in [0, 0.05) is 43.2 Å². The van der Waals surface area contributed by atoms with Gasteiger partial charge in [-0.05, 0) is 30.2 Å². The molecule has 0 radical (unpaired) electrons. The van der Waals surface area contributed by atoms with Crippen molar-refractivity contribution in [2.75, 3.05) is 6.54 Å². The number of H-pyrrole nitrogens is 2. The van der Waals surface area contributed by atoms with Crippen molar-refractivity contribution >= 4 is 10.9 Å². The Kier molecular flexibility index (Phi) is 3.72. The lowest BCUT2D eigenvalue weighted by Gasteiger charge is -2.27. The Morgan fingerprint density at radius 3 is 3.04 bits per heavy atom. The number of hydrogen-bond acceptors (Lipinski definition) is 4. The highest BCUT2D eigenvalue weighted by molar-refractivity contribution is 5.85. The van der Waals surface area contributed by atoms with Crippen molar-refractivity contribution < 1.29 is 4.42 Å². The molecule has 1 aromatic carbocycles. The fraction of sp³-hybridized carbons (Fsp3) is 0.238. The van der Waals surface area contributed by atoms with Gasteiger partial charge in [-0.25, -0.2) is 4.98 Å². The predicted octanol–water partition coefficient (Wildman–Crippen LogP) is 3.38. The number of para-hydroxylation sites is 1. The van der Waals surface area contributed by atoms with Gasteiger partial charge in [-0.2, -0.15) is 0 Å². The van der Waals surface area contributed by atoms with Gasteiger partial charge < -0.3 is 14.4 Å². The molecule has 0 saturated carbocycles. The normalized spacial score (nSPS) is 14.6. The number of furan rings is 1. The molecule has 0 unspecified atom stereocenters. The summed E-state index contributed by atoms with van der Waals surface area (Å²) in [5.74, 6) is 1.09. The van der Waals surface area contributed by atoms with Crippen molar-refractivity contribution in [3.8, 4) is 11.6 Å². The van der Waals surface area contributed by atoms with Crippen molar-refractivity contribution in [2.24, 2.45) is 0 Å². The van der Waals surface area contributed by atoms with Gasteiger partial charge in [0.2, 0.25) is 0 Å². The molecule has 0 aliphatic carbocycles. The van der Waals surface area contributed by atoms with Crippen LogP contribution < -0.4 is 5.56 Å². The molecule has 6 nitrogen and oxygen atoms in total. The SMILES string of the molecule is Cc1cccc2c(CN3CCc4nc(-c5ccco5)[nH]c(=O)c4C3)c[nH]c12. The number of hydrogen-bond donors (Lipinski definition) is 2. The molecule has 6 heteroatoms. The molecule has 1 aliphatic heterocycles. The van der Waals surface area contributed by atoms with Crippen molar-refractivity contribution in [2.45, 2.75) is 26.4 Å². The van der Waals surface area contributed by atoms with Gasteiger partial charge in [0.25, 0.3) is 5.56 Å². The molecule has 4 aromatic rings. The first-order valence-corrected chi connectivity index (χ1v) is 9.13. The summed E-state index contributed by atoms with van der Waals surface area (Å²) < 4.78 is 5.36. The summed E-state index contributed by atoms with van der Waals surface area (Å²) in [6.45, 7) is 4.40. The minimum atomic E-state index is -0.0779. The Labute approximate surface area is 155 Å². The molecule has 0 saturated heterocycles. The zero-order valence-corrected chi connectivity index (χ0v) is 15.1. The monoisotopic (exact) mass is 360 g/mol. The maximum absolute atomic E-state index is 12.6. The topological polar surface area (TPSA) is 77.9 Å². The summed E-state index contributed by atoms with van der Waals surface area (Å²) in [6.07, 6.45) is 4.42. The first-order chi connectivity index (χ1) is 13.2. The molecule has 5 rings (SSSR count). The molecule has 0 fully saturated rings. The Balaban J connectivity index is 1.43. The summed E-state index contributed by atoms with van der Waals surface area (Å²) in [7, 11) is 0. The molecular formula is C21H20N4O2. The first kappa shape index (κ1) is 16.1. The van der Waals surface area contributed by atoms with Gasteiger partial charge in [0.1, 0.15) is 0 Å². The molecule has 0 bridgehead atoms. The highest BCUT2D eigenvalue weighted by atomic mass is 16.3. The predicted molar refractivity (Wildman–Crippen MR) is 103 cm³/mol. The number of rotatable bonds is 3. The molecule has 2 N–H and O–H groups in total. The summed E-state index contributed by atoms with van der Waals surface area (Å²) >= 11 is 0. The summed E-state index contributed by atoms with van der Waals surface area (Å²) in [4.78, 5) is 25.8. The highest BCUT2D eigenvalue weighted by Crippen LogP contribution is 2.25. The molecule has 0 spiro atoms. The lowest BCUT2D eigenvalue weighted by molar-refractivity contribution is 0.242. The average Bonchev–Trinajstić information content (AvgIpc) is 3.33. The second-order valence-corrected chi connectivity index (χ2v) is 7.09. The van der Waals surface area contributed by atoms with Crippen LogP contribution in [-0.4, -0.2) is 26.4 Å². The van der Waals surface area contributed by atoms with E-state index in [1.165, 1.54) is 22.0 Å². The van der Waals surface area contributed by atoms with Crippen LogP contribution in [0.5, 0.6) is 0 Å². The Hall–Kier alpha value is -3.12. The lowest BCUT2D eigenvalue weighted by atomic mass is 10.0. The summed E-state index contributed by atoms with van der Waals surface area (Å²) in [5.41, 5.74) is 5.24. The molecular weight excluding hydrogens is 340 g/mol. The van der Waals surface area contributed by atoms with E-state index in [-0.39, 0.29) is 5.56 Å². The minimum Gasteiger partial charge on any atom is -0.461 e. The lowest BCUT2D eigenvalue weighted by Crippen LogP contribution is -2.35. The van der Waals surface area contributed by atoms with Crippen LogP contribution in [0.3, 0.4) is 0 Å². The maximum atomic E-state index is 12.6. The van der Waals surface area contributed by atoms with Crippen LogP contribution in [0.15, 0.2) is 52.0 Å². The second kappa shape index (κ2) is 6.25. The van der Waals surface area contributed by atoms with Crippen LogP contribution in [-0.2, 0) is 19.5 Å². The zero-order chi connectivity index (χ0) is 18.4. The molecule has 3 aromatic heterocycles. The number of aryl methyl sites for hydroxylation is 1. The highest BCUT2D eigenvalue weighted by Gasteiger charge is 2.22. The minimum absolute atomic E-state index is 0.0779. The number of aromatic nitrogens is 3. The van der Waals surface area contributed by atoms with Crippen LogP contribution in [0.25, 0.3) is 22.5 Å². The Morgan fingerprint density at radius 1 is 1.26 bits per heavy atom. The molecule has 136 valence electrons. The zero-order valence-electron chi connectivity index (χ0n) is 15.1. The van der Waals surface area contributed by atoms with E-state index >= 15 is 0 Å². The molecule has 1 aliphatic rings. The van der Waals surface area contributed by atoms with Crippen molar-refractivity contribution in [1.29, 1.82) is 0 Å². The number of benzene rings is 1. The van der Waals surface area contributed by atoms with Gasteiger partial charge in [0.05, 0.1) is 17.5 Å². The van der Waals surface area contributed by atoms with E-state index < -0.39 is 0 Å². The van der Waals surface area contributed by atoms with Crippen molar-refractivity contribution in [3.05, 3.63) is 75.5 Å². The van der Waals surface area contributed by atoms with Gasteiger partial charge >= 0.3 is 0 Å². The number of nitrogens with one attached hydrogen (secondary N) is 2. The van der Waals surface area contributed by atoms with E-state index in [0.29, 0.717) is 18.1 Å². The van der Waals surface area contributed by atoms with Gasteiger partial charge in [-0.15, -0.1) is 0 Å². The third-order valence-electron chi connectivity index (χ3n) is 5.31. The van der Waals surface area contributed by atoms with Crippen molar-refractivity contribution in [1.82, 2.24) is 19.9 Å².